The fraction of sp³-hybridized carbons (Fsp3) is 0.100. The quantitative estimate of drug-likeness (QED) is 0.515. The molecule has 2 rings (SSSR count). The first-order valence-electron chi connectivity index (χ1n) is 3.99. The standard InChI is InChI=1S/C10H9NO2/c11-9-3-1-7(2-4-9)8-5-10(12)13-6-8/h1-5H,6,11H2. The monoisotopic (exact) mass is 175 g/mol. The average Bonchev–Trinajstić information content (AvgIpc) is 2.53. The highest BCUT2D eigenvalue weighted by atomic mass is 16.5. The highest BCUT2D eigenvalue weighted by Crippen LogP contribution is 2.20. The van der Waals surface area contributed by atoms with Crippen LogP contribution in [0.15, 0.2) is 30.3 Å². The summed E-state index contributed by atoms with van der Waals surface area (Å²) < 4.78 is 4.79. The predicted octanol–water partition coefficient (Wildman–Crippen LogP) is 1.21. The minimum absolute atomic E-state index is 0.271. The summed E-state index contributed by atoms with van der Waals surface area (Å²) in [7, 11) is 0. The van der Waals surface area contributed by atoms with Crippen LogP contribution in [0.4, 0.5) is 5.69 Å². The van der Waals surface area contributed by atoms with Crippen LogP contribution in [0.3, 0.4) is 0 Å². The zero-order valence-electron chi connectivity index (χ0n) is 6.99. The summed E-state index contributed by atoms with van der Waals surface area (Å²) in [5.41, 5.74) is 8.15. The Labute approximate surface area is 75.8 Å². The molecule has 3 heteroatoms. The SMILES string of the molecule is Nc1ccc(C2=CC(=O)OC2)cc1. The van der Waals surface area contributed by atoms with Crippen molar-refractivity contribution >= 4 is 17.2 Å². The molecule has 2 N–H and O–H groups in total. The molecule has 0 atom stereocenters. The molecule has 1 heterocycles. The first-order valence-corrected chi connectivity index (χ1v) is 3.99. The van der Waals surface area contributed by atoms with Gasteiger partial charge in [0.15, 0.2) is 0 Å². The van der Waals surface area contributed by atoms with Gasteiger partial charge in [-0.25, -0.2) is 4.79 Å². The number of nitrogen functional groups attached to an aromatic ring is 1. The van der Waals surface area contributed by atoms with E-state index in [-0.39, 0.29) is 5.97 Å². The van der Waals surface area contributed by atoms with Crippen LogP contribution < -0.4 is 5.73 Å². The van der Waals surface area contributed by atoms with E-state index in [4.69, 9.17) is 10.5 Å². The predicted molar refractivity (Wildman–Crippen MR) is 49.8 cm³/mol. The van der Waals surface area contributed by atoms with Crippen molar-refractivity contribution in [3.8, 4) is 0 Å². The van der Waals surface area contributed by atoms with E-state index in [2.05, 4.69) is 0 Å². The van der Waals surface area contributed by atoms with E-state index >= 15 is 0 Å². The molecule has 1 aliphatic rings. The number of nitrogens with two attached hydrogens (primary N) is 1. The summed E-state index contributed by atoms with van der Waals surface area (Å²) in [5.74, 6) is -0.271. The molecule has 1 aliphatic heterocycles. The molecule has 1 aromatic rings. The van der Waals surface area contributed by atoms with E-state index in [0.29, 0.717) is 6.61 Å². The number of benzene rings is 1. The van der Waals surface area contributed by atoms with E-state index in [0.717, 1.165) is 16.8 Å². The van der Waals surface area contributed by atoms with Gasteiger partial charge in [0.05, 0.1) is 0 Å². The number of hydrogen-bond donors (Lipinski definition) is 1. The van der Waals surface area contributed by atoms with Gasteiger partial charge >= 0.3 is 5.97 Å². The summed E-state index contributed by atoms with van der Waals surface area (Å²) in [6.45, 7) is 0.364. The normalized spacial score (nSPS) is 15.4. The summed E-state index contributed by atoms with van der Waals surface area (Å²) in [5, 5.41) is 0. The van der Waals surface area contributed by atoms with Crippen molar-refractivity contribution in [1.29, 1.82) is 0 Å². The number of rotatable bonds is 1. The second-order valence-electron chi connectivity index (χ2n) is 2.90. The van der Waals surface area contributed by atoms with Crippen LogP contribution in [0.25, 0.3) is 5.57 Å². The molecule has 13 heavy (non-hydrogen) atoms. The van der Waals surface area contributed by atoms with Crippen LogP contribution in [-0.2, 0) is 9.53 Å². The molecule has 0 aliphatic carbocycles. The van der Waals surface area contributed by atoms with Crippen LogP contribution in [0.2, 0.25) is 0 Å². The molecule has 0 radical (unpaired) electrons. The van der Waals surface area contributed by atoms with Gasteiger partial charge in [-0.3, -0.25) is 0 Å². The van der Waals surface area contributed by atoms with Gasteiger partial charge in [0, 0.05) is 17.3 Å². The van der Waals surface area contributed by atoms with Gasteiger partial charge in [0.1, 0.15) is 6.61 Å². The second kappa shape index (κ2) is 2.94. The van der Waals surface area contributed by atoms with Gasteiger partial charge in [0.25, 0.3) is 0 Å². The van der Waals surface area contributed by atoms with Crippen LogP contribution in [0.1, 0.15) is 5.56 Å². The Morgan fingerprint density at radius 3 is 2.46 bits per heavy atom. The minimum atomic E-state index is -0.271. The maximum atomic E-state index is 10.8. The van der Waals surface area contributed by atoms with Gasteiger partial charge in [0.2, 0.25) is 0 Å². The molecular formula is C10H9NO2. The highest BCUT2D eigenvalue weighted by molar-refractivity contribution is 5.95. The number of esters is 1. The zero-order chi connectivity index (χ0) is 9.26. The first kappa shape index (κ1) is 7.86. The number of cyclic esters (lactones) is 1. The van der Waals surface area contributed by atoms with Gasteiger partial charge in [-0.05, 0) is 17.7 Å². The average molecular weight is 175 g/mol. The Kier molecular flexibility index (Phi) is 1.77. The summed E-state index contributed by atoms with van der Waals surface area (Å²) in [6, 6.07) is 7.37. The molecule has 0 amide bonds. The number of carbonyl (C=O) groups excluding carboxylic acids is 1. The molecule has 0 saturated carbocycles. The molecule has 0 bridgehead atoms. The minimum Gasteiger partial charge on any atom is -0.458 e. The maximum absolute atomic E-state index is 10.8. The van der Waals surface area contributed by atoms with Crippen molar-refractivity contribution in [2.45, 2.75) is 0 Å². The zero-order valence-corrected chi connectivity index (χ0v) is 6.99. The smallest absolute Gasteiger partial charge is 0.331 e. The van der Waals surface area contributed by atoms with Crippen molar-refractivity contribution in [2.75, 3.05) is 12.3 Å². The van der Waals surface area contributed by atoms with Gasteiger partial charge < -0.3 is 10.5 Å². The molecule has 1 aromatic carbocycles. The van der Waals surface area contributed by atoms with Crippen molar-refractivity contribution < 1.29 is 9.53 Å². The fourth-order valence-electron chi connectivity index (χ4n) is 1.24. The Morgan fingerprint density at radius 2 is 1.92 bits per heavy atom. The molecule has 0 aromatic heterocycles. The van der Waals surface area contributed by atoms with E-state index in [1.54, 1.807) is 12.1 Å². The Balaban J connectivity index is 2.31. The third-order valence-electron chi connectivity index (χ3n) is 1.94. The molecule has 0 fully saturated rings. The summed E-state index contributed by atoms with van der Waals surface area (Å²) >= 11 is 0. The van der Waals surface area contributed by atoms with E-state index in [9.17, 15) is 4.79 Å². The lowest BCUT2D eigenvalue weighted by molar-refractivity contribution is -0.134. The van der Waals surface area contributed by atoms with Gasteiger partial charge in [-0.2, -0.15) is 0 Å². The molecule has 0 unspecified atom stereocenters. The van der Waals surface area contributed by atoms with Crippen LogP contribution in [0, 0.1) is 0 Å². The lowest BCUT2D eigenvalue weighted by Crippen LogP contribution is -1.92. The van der Waals surface area contributed by atoms with Crippen molar-refractivity contribution in [3.05, 3.63) is 35.9 Å². The molecule has 66 valence electrons. The Morgan fingerprint density at radius 1 is 1.23 bits per heavy atom. The molecule has 0 spiro atoms. The van der Waals surface area contributed by atoms with Crippen molar-refractivity contribution in [1.82, 2.24) is 0 Å². The third kappa shape index (κ3) is 1.54. The van der Waals surface area contributed by atoms with Crippen LogP contribution >= 0.6 is 0 Å². The maximum Gasteiger partial charge on any atom is 0.331 e. The number of carbonyl (C=O) groups is 1. The molecular weight excluding hydrogens is 166 g/mol. The molecule has 3 nitrogen and oxygen atoms in total. The lowest BCUT2D eigenvalue weighted by atomic mass is 10.1. The topological polar surface area (TPSA) is 52.3 Å². The lowest BCUT2D eigenvalue weighted by Gasteiger charge is -2.00. The van der Waals surface area contributed by atoms with E-state index < -0.39 is 0 Å². The largest absolute Gasteiger partial charge is 0.458 e. The van der Waals surface area contributed by atoms with Crippen molar-refractivity contribution in [3.63, 3.8) is 0 Å². The molecule has 0 saturated heterocycles. The first-order chi connectivity index (χ1) is 6.25. The Hall–Kier alpha value is -1.77. The van der Waals surface area contributed by atoms with Gasteiger partial charge in [-0.1, -0.05) is 12.1 Å². The van der Waals surface area contributed by atoms with Gasteiger partial charge in [-0.15, -0.1) is 0 Å². The third-order valence-corrected chi connectivity index (χ3v) is 1.94. The fourth-order valence-corrected chi connectivity index (χ4v) is 1.24. The summed E-state index contributed by atoms with van der Waals surface area (Å²) in [4.78, 5) is 10.8. The van der Waals surface area contributed by atoms with Crippen molar-refractivity contribution in [2.24, 2.45) is 0 Å². The number of hydrogen-bond acceptors (Lipinski definition) is 3. The highest BCUT2D eigenvalue weighted by Gasteiger charge is 2.13. The Bertz CT molecular complexity index is 365. The summed E-state index contributed by atoms with van der Waals surface area (Å²) in [6.07, 6.45) is 1.51. The van der Waals surface area contributed by atoms with Crippen LogP contribution in [-0.4, -0.2) is 12.6 Å². The van der Waals surface area contributed by atoms with E-state index in [1.165, 1.54) is 6.08 Å². The van der Waals surface area contributed by atoms with E-state index in [1.807, 2.05) is 12.1 Å². The number of ether oxygens (including phenoxy) is 1. The second-order valence-corrected chi connectivity index (χ2v) is 2.90. The van der Waals surface area contributed by atoms with Crippen LogP contribution in [0.5, 0.6) is 0 Å². The number of anilines is 1.